The molecule has 27 heavy (non-hydrogen) atoms. The summed E-state index contributed by atoms with van der Waals surface area (Å²) < 4.78 is 10.7. The zero-order chi connectivity index (χ0) is 18.9. The van der Waals surface area contributed by atoms with E-state index in [0.29, 0.717) is 19.8 Å². The summed E-state index contributed by atoms with van der Waals surface area (Å²) >= 11 is 0. The quantitative estimate of drug-likeness (QED) is 0.722. The van der Waals surface area contributed by atoms with Crippen LogP contribution in [0.25, 0.3) is 0 Å². The molecule has 142 valence electrons. The molecule has 1 unspecified atom stereocenters. The number of benzene rings is 2. The van der Waals surface area contributed by atoms with Gasteiger partial charge in [-0.05, 0) is 11.1 Å². The van der Waals surface area contributed by atoms with Gasteiger partial charge in [-0.3, -0.25) is 9.63 Å². The lowest BCUT2D eigenvalue weighted by Crippen LogP contribution is -2.43. The van der Waals surface area contributed by atoms with E-state index in [4.69, 9.17) is 14.3 Å². The van der Waals surface area contributed by atoms with Crippen LogP contribution in [0.15, 0.2) is 60.7 Å². The summed E-state index contributed by atoms with van der Waals surface area (Å²) in [6.45, 7) is 1.33. The predicted octanol–water partition coefficient (Wildman–Crippen LogP) is 2.27. The standard InChI is InChI=1S/C20H22N2O5/c23-19-18(21-20(24)26-14-17-9-5-2-6-10-17)15-27-22(19)11-12-25-13-16-7-3-1-4-8-16/h1-10,18H,11-15H2,(H,21,24). The molecule has 1 atom stereocenters. The zero-order valence-electron chi connectivity index (χ0n) is 14.9. The number of amides is 2. The second kappa shape index (κ2) is 9.70. The molecular weight excluding hydrogens is 348 g/mol. The number of hydroxylamine groups is 2. The molecule has 0 spiro atoms. The number of nitrogens with one attached hydrogen (secondary N) is 1. The number of hydrogen-bond donors (Lipinski definition) is 1. The van der Waals surface area contributed by atoms with E-state index >= 15 is 0 Å². The van der Waals surface area contributed by atoms with E-state index in [1.165, 1.54) is 5.06 Å². The Balaban J connectivity index is 1.34. The average Bonchev–Trinajstić information content (AvgIpc) is 3.05. The summed E-state index contributed by atoms with van der Waals surface area (Å²) in [4.78, 5) is 29.4. The van der Waals surface area contributed by atoms with Gasteiger partial charge in [0.05, 0.1) is 19.8 Å². The van der Waals surface area contributed by atoms with E-state index < -0.39 is 12.1 Å². The number of ether oxygens (including phenoxy) is 2. The van der Waals surface area contributed by atoms with Crippen molar-refractivity contribution in [3.63, 3.8) is 0 Å². The topological polar surface area (TPSA) is 77.1 Å². The fourth-order valence-corrected chi connectivity index (χ4v) is 2.57. The monoisotopic (exact) mass is 370 g/mol. The maximum Gasteiger partial charge on any atom is 0.408 e. The molecule has 1 aliphatic rings. The summed E-state index contributed by atoms with van der Waals surface area (Å²) in [5, 5.41) is 3.74. The van der Waals surface area contributed by atoms with Crippen molar-refractivity contribution in [3.05, 3.63) is 71.8 Å². The summed E-state index contributed by atoms with van der Waals surface area (Å²) in [5.41, 5.74) is 1.94. The van der Waals surface area contributed by atoms with Crippen molar-refractivity contribution in [1.82, 2.24) is 10.4 Å². The predicted molar refractivity (Wildman–Crippen MR) is 97.3 cm³/mol. The molecule has 7 heteroatoms. The fraction of sp³-hybridized carbons (Fsp3) is 0.300. The van der Waals surface area contributed by atoms with E-state index in [9.17, 15) is 9.59 Å². The molecule has 1 aliphatic heterocycles. The molecule has 3 rings (SSSR count). The third kappa shape index (κ3) is 5.80. The molecule has 1 heterocycles. The average molecular weight is 370 g/mol. The Morgan fingerprint density at radius 3 is 2.33 bits per heavy atom. The van der Waals surface area contributed by atoms with Crippen LogP contribution in [0.4, 0.5) is 4.79 Å². The zero-order valence-corrected chi connectivity index (χ0v) is 14.9. The van der Waals surface area contributed by atoms with Crippen LogP contribution >= 0.6 is 0 Å². The van der Waals surface area contributed by atoms with E-state index in [-0.39, 0.29) is 19.1 Å². The number of carbonyl (C=O) groups is 2. The third-order valence-corrected chi connectivity index (χ3v) is 4.00. The van der Waals surface area contributed by atoms with E-state index in [1.807, 2.05) is 60.7 Å². The lowest BCUT2D eigenvalue weighted by atomic mass is 10.2. The van der Waals surface area contributed by atoms with Gasteiger partial charge in [-0.1, -0.05) is 60.7 Å². The SMILES string of the molecule is O=C(NC1CON(CCOCc2ccccc2)C1=O)OCc1ccccc1. The van der Waals surface area contributed by atoms with Gasteiger partial charge in [0.2, 0.25) is 0 Å². The van der Waals surface area contributed by atoms with Crippen LogP contribution in [0.5, 0.6) is 0 Å². The fourth-order valence-electron chi connectivity index (χ4n) is 2.57. The molecule has 2 aromatic rings. The minimum atomic E-state index is -0.748. The highest BCUT2D eigenvalue weighted by Crippen LogP contribution is 2.09. The minimum Gasteiger partial charge on any atom is -0.445 e. The van der Waals surface area contributed by atoms with Gasteiger partial charge in [-0.15, -0.1) is 0 Å². The van der Waals surface area contributed by atoms with E-state index in [1.54, 1.807) is 0 Å². The van der Waals surface area contributed by atoms with Crippen LogP contribution in [-0.4, -0.2) is 42.9 Å². The Bertz CT molecular complexity index is 739. The molecule has 0 radical (unpaired) electrons. The van der Waals surface area contributed by atoms with Crippen molar-refractivity contribution in [3.8, 4) is 0 Å². The second-order valence-corrected chi connectivity index (χ2v) is 6.03. The first-order chi connectivity index (χ1) is 13.2. The van der Waals surface area contributed by atoms with Crippen LogP contribution in [-0.2, 0) is 32.3 Å². The van der Waals surface area contributed by atoms with Crippen LogP contribution in [0.1, 0.15) is 11.1 Å². The van der Waals surface area contributed by atoms with Crippen LogP contribution in [0.2, 0.25) is 0 Å². The highest BCUT2D eigenvalue weighted by Gasteiger charge is 2.34. The minimum absolute atomic E-state index is 0.0813. The Kier molecular flexibility index (Phi) is 6.78. The van der Waals surface area contributed by atoms with Crippen molar-refractivity contribution in [2.45, 2.75) is 19.3 Å². The van der Waals surface area contributed by atoms with Crippen molar-refractivity contribution >= 4 is 12.0 Å². The maximum atomic E-state index is 12.3. The van der Waals surface area contributed by atoms with Gasteiger partial charge < -0.3 is 14.8 Å². The first kappa shape index (κ1) is 18.9. The molecule has 0 aliphatic carbocycles. The van der Waals surface area contributed by atoms with Crippen molar-refractivity contribution in [2.24, 2.45) is 0 Å². The summed E-state index contributed by atoms with van der Waals surface area (Å²) in [6, 6.07) is 18.3. The molecule has 2 aromatic carbocycles. The molecule has 0 bridgehead atoms. The summed E-state index contributed by atoms with van der Waals surface area (Å²) in [6.07, 6.45) is -0.650. The molecule has 1 fully saturated rings. The number of rotatable bonds is 8. The van der Waals surface area contributed by atoms with Gasteiger partial charge in [0, 0.05) is 0 Å². The Hall–Kier alpha value is -2.90. The largest absolute Gasteiger partial charge is 0.445 e. The van der Waals surface area contributed by atoms with Gasteiger partial charge >= 0.3 is 6.09 Å². The highest BCUT2D eigenvalue weighted by molar-refractivity contribution is 5.86. The smallest absolute Gasteiger partial charge is 0.408 e. The molecule has 0 saturated carbocycles. The molecule has 1 saturated heterocycles. The van der Waals surface area contributed by atoms with Crippen LogP contribution < -0.4 is 5.32 Å². The van der Waals surface area contributed by atoms with Crippen molar-refractivity contribution in [2.75, 3.05) is 19.8 Å². The molecule has 2 amide bonds. The normalized spacial score (nSPS) is 16.4. The lowest BCUT2D eigenvalue weighted by molar-refractivity contribution is -0.165. The van der Waals surface area contributed by atoms with E-state index in [0.717, 1.165) is 11.1 Å². The molecular formula is C20H22N2O5. The third-order valence-electron chi connectivity index (χ3n) is 4.00. The molecule has 7 nitrogen and oxygen atoms in total. The van der Waals surface area contributed by atoms with Crippen molar-refractivity contribution in [1.29, 1.82) is 0 Å². The molecule has 1 N–H and O–H groups in total. The van der Waals surface area contributed by atoms with Crippen molar-refractivity contribution < 1.29 is 23.9 Å². The highest BCUT2D eigenvalue weighted by atomic mass is 16.7. The number of carbonyl (C=O) groups excluding carboxylic acids is 2. The van der Waals surface area contributed by atoms with Gasteiger partial charge in [0.25, 0.3) is 5.91 Å². The van der Waals surface area contributed by atoms with Crippen LogP contribution in [0.3, 0.4) is 0 Å². The second-order valence-electron chi connectivity index (χ2n) is 6.03. The lowest BCUT2D eigenvalue weighted by Gasteiger charge is -2.15. The summed E-state index contributed by atoms with van der Waals surface area (Å²) in [5.74, 6) is -0.310. The van der Waals surface area contributed by atoms with Gasteiger partial charge in [0.15, 0.2) is 0 Å². The van der Waals surface area contributed by atoms with Crippen LogP contribution in [0, 0.1) is 0 Å². The number of hydrogen-bond acceptors (Lipinski definition) is 5. The van der Waals surface area contributed by atoms with Gasteiger partial charge in [-0.2, -0.15) is 0 Å². The first-order valence-electron chi connectivity index (χ1n) is 8.75. The summed E-state index contributed by atoms with van der Waals surface area (Å²) in [7, 11) is 0. The van der Waals surface area contributed by atoms with E-state index in [2.05, 4.69) is 5.32 Å². The Labute approximate surface area is 157 Å². The number of alkyl carbamates (subject to hydrolysis) is 1. The molecule has 0 aromatic heterocycles. The first-order valence-corrected chi connectivity index (χ1v) is 8.75. The van der Waals surface area contributed by atoms with Gasteiger partial charge in [-0.25, -0.2) is 9.86 Å². The van der Waals surface area contributed by atoms with Gasteiger partial charge in [0.1, 0.15) is 19.3 Å². The Morgan fingerprint density at radius 1 is 1.04 bits per heavy atom. The Morgan fingerprint density at radius 2 is 1.67 bits per heavy atom. The maximum absolute atomic E-state index is 12.3. The number of nitrogens with zero attached hydrogens (tertiary/aromatic N) is 1.